The molecule has 0 saturated heterocycles. The minimum absolute atomic E-state index is 0.0537. The van der Waals surface area contributed by atoms with Crippen LogP contribution in [0.15, 0.2) is 29.8 Å². The molecule has 37 heavy (non-hydrogen) atoms. The fraction of sp³-hybridized carbons (Fsp3) is 0.346. The molecule has 11 heteroatoms. The Balaban J connectivity index is 1.47. The van der Waals surface area contributed by atoms with Gasteiger partial charge in [-0.3, -0.25) is 14.5 Å². The first kappa shape index (κ1) is 25.3. The van der Waals surface area contributed by atoms with Gasteiger partial charge in [0, 0.05) is 22.0 Å². The standard InChI is InChI=1S/C26H26F2N4O3S2/c1-26(2,3)14-34-21-15(6-4-8-18(21)35-23(27)28)10-11-17-20(32-12-13-36-25(32)30-17)22(33)31-24-29-16-7-5-9-19(16)37-24/h4,6,8,10-13,23H,5,7,9,14H2,1-3H3,(H,29,31,33)/b11-10+. The third kappa shape index (κ3) is 5.67. The number of alkyl halides is 2. The first-order valence-electron chi connectivity index (χ1n) is 11.8. The molecule has 1 aromatic carbocycles. The number of thiazole rings is 2. The third-order valence-electron chi connectivity index (χ3n) is 5.62. The number of anilines is 1. The maximum atomic E-state index is 13.3. The predicted octanol–water partition coefficient (Wildman–Crippen LogP) is 6.79. The fourth-order valence-electron chi connectivity index (χ4n) is 4.01. The summed E-state index contributed by atoms with van der Waals surface area (Å²) in [5, 5.41) is 5.35. The van der Waals surface area contributed by atoms with Gasteiger partial charge in [0.05, 0.1) is 18.0 Å². The molecular formula is C26H26F2N4O3S2. The molecule has 0 spiro atoms. The molecule has 0 radical (unpaired) electrons. The fourth-order valence-corrected chi connectivity index (χ4v) is 5.78. The number of aromatic nitrogens is 3. The van der Waals surface area contributed by atoms with Gasteiger partial charge in [-0.05, 0) is 42.9 Å². The van der Waals surface area contributed by atoms with Crippen LogP contribution in [0.1, 0.15) is 59.5 Å². The Morgan fingerprint density at radius 2 is 2.08 bits per heavy atom. The molecule has 0 bridgehead atoms. The Labute approximate surface area is 220 Å². The van der Waals surface area contributed by atoms with Gasteiger partial charge in [0.25, 0.3) is 5.91 Å². The number of rotatable bonds is 8. The number of nitrogens with one attached hydrogen (secondary N) is 1. The highest BCUT2D eigenvalue weighted by Crippen LogP contribution is 2.35. The second kappa shape index (κ2) is 10.2. The molecule has 1 aliphatic carbocycles. The largest absolute Gasteiger partial charge is 0.489 e. The zero-order chi connectivity index (χ0) is 26.2. The molecule has 1 N–H and O–H groups in total. The van der Waals surface area contributed by atoms with E-state index in [1.807, 2.05) is 26.2 Å². The van der Waals surface area contributed by atoms with Gasteiger partial charge in [-0.25, -0.2) is 9.97 Å². The Morgan fingerprint density at radius 1 is 1.24 bits per heavy atom. The predicted molar refractivity (Wildman–Crippen MR) is 142 cm³/mol. The van der Waals surface area contributed by atoms with E-state index in [9.17, 15) is 13.6 Å². The first-order valence-corrected chi connectivity index (χ1v) is 13.5. The lowest BCUT2D eigenvalue weighted by atomic mass is 9.98. The highest BCUT2D eigenvalue weighted by atomic mass is 32.1. The molecule has 1 amide bonds. The Bertz CT molecular complexity index is 1440. The van der Waals surface area contributed by atoms with Gasteiger partial charge in [-0.2, -0.15) is 8.78 Å². The van der Waals surface area contributed by atoms with Crippen LogP contribution in [0.3, 0.4) is 0 Å². The summed E-state index contributed by atoms with van der Waals surface area (Å²) < 4.78 is 38.5. The zero-order valence-corrected chi connectivity index (χ0v) is 22.2. The SMILES string of the molecule is CC(C)(C)COc1c(/C=C/c2nc3sccn3c2C(=O)Nc2nc3c(s2)CCC3)cccc1OC(F)F. The van der Waals surface area contributed by atoms with Crippen LogP contribution in [0.25, 0.3) is 17.1 Å². The lowest BCUT2D eigenvalue weighted by Crippen LogP contribution is -2.18. The Morgan fingerprint density at radius 3 is 2.84 bits per heavy atom. The van der Waals surface area contributed by atoms with E-state index in [2.05, 4.69) is 15.3 Å². The van der Waals surface area contributed by atoms with Gasteiger partial charge in [-0.1, -0.05) is 32.9 Å². The lowest BCUT2D eigenvalue weighted by Gasteiger charge is -2.21. The number of hydrogen-bond acceptors (Lipinski definition) is 7. The summed E-state index contributed by atoms with van der Waals surface area (Å²) in [5.41, 5.74) is 2.19. The van der Waals surface area contributed by atoms with E-state index in [0.717, 1.165) is 25.0 Å². The Hall–Kier alpha value is -3.31. The van der Waals surface area contributed by atoms with E-state index >= 15 is 0 Å². The quantitative estimate of drug-likeness (QED) is 0.264. The lowest BCUT2D eigenvalue weighted by molar-refractivity contribution is -0.0517. The van der Waals surface area contributed by atoms with Crippen LogP contribution in [-0.2, 0) is 12.8 Å². The molecular weight excluding hydrogens is 518 g/mol. The monoisotopic (exact) mass is 544 g/mol. The van der Waals surface area contributed by atoms with Gasteiger partial charge in [0.1, 0.15) is 5.69 Å². The molecule has 3 aromatic heterocycles. The molecule has 4 aromatic rings. The summed E-state index contributed by atoms with van der Waals surface area (Å²) >= 11 is 2.91. The van der Waals surface area contributed by atoms with E-state index in [1.54, 1.807) is 34.9 Å². The molecule has 0 aliphatic heterocycles. The van der Waals surface area contributed by atoms with Gasteiger partial charge >= 0.3 is 6.61 Å². The number of amides is 1. The Kier molecular flexibility index (Phi) is 7.00. The minimum atomic E-state index is -2.99. The molecule has 194 valence electrons. The summed E-state index contributed by atoms with van der Waals surface area (Å²) in [4.78, 5) is 24.4. The maximum absolute atomic E-state index is 13.3. The number of hydrogen-bond donors (Lipinski definition) is 1. The van der Waals surface area contributed by atoms with Gasteiger partial charge in [0.2, 0.25) is 0 Å². The zero-order valence-electron chi connectivity index (χ0n) is 20.6. The second-order valence-electron chi connectivity index (χ2n) is 9.83. The number of carbonyl (C=O) groups is 1. The van der Waals surface area contributed by atoms with Crippen molar-refractivity contribution in [2.24, 2.45) is 5.41 Å². The number of ether oxygens (including phenoxy) is 2. The van der Waals surface area contributed by atoms with Crippen molar-refractivity contribution in [3.05, 3.63) is 57.3 Å². The second-order valence-corrected chi connectivity index (χ2v) is 11.8. The summed E-state index contributed by atoms with van der Waals surface area (Å²) in [6.07, 6.45) is 8.19. The van der Waals surface area contributed by atoms with Crippen molar-refractivity contribution in [1.82, 2.24) is 14.4 Å². The van der Waals surface area contributed by atoms with Crippen molar-refractivity contribution < 1.29 is 23.0 Å². The van der Waals surface area contributed by atoms with Crippen LogP contribution >= 0.6 is 22.7 Å². The van der Waals surface area contributed by atoms with E-state index < -0.39 is 6.61 Å². The number of benzene rings is 1. The van der Waals surface area contributed by atoms with Crippen LogP contribution in [0.4, 0.5) is 13.9 Å². The number of para-hydroxylation sites is 1. The van der Waals surface area contributed by atoms with Crippen LogP contribution in [0.5, 0.6) is 11.5 Å². The summed E-state index contributed by atoms with van der Waals surface area (Å²) in [5.74, 6) is -0.169. The smallest absolute Gasteiger partial charge is 0.387 e. The van der Waals surface area contributed by atoms with Gasteiger partial charge in [0.15, 0.2) is 21.6 Å². The van der Waals surface area contributed by atoms with Gasteiger partial charge in [-0.15, -0.1) is 22.7 Å². The summed E-state index contributed by atoms with van der Waals surface area (Å²) in [6, 6.07) is 4.79. The van der Waals surface area contributed by atoms with Crippen LogP contribution in [-0.4, -0.2) is 33.5 Å². The number of imidazole rings is 1. The molecule has 0 unspecified atom stereocenters. The maximum Gasteiger partial charge on any atom is 0.387 e. The van der Waals surface area contributed by atoms with Crippen molar-refractivity contribution in [1.29, 1.82) is 0 Å². The summed E-state index contributed by atoms with van der Waals surface area (Å²) in [7, 11) is 0. The molecule has 3 heterocycles. The van der Waals surface area contributed by atoms with E-state index in [1.165, 1.54) is 33.6 Å². The van der Waals surface area contributed by atoms with Crippen LogP contribution in [0.2, 0.25) is 0 Å². The number of aryl methyl sites for hydroxylation is 2. The van der Waals surface area contributed by atoms with Gasteiger partial charge < -0.3 is 9.47 Å². The van der Waals surface area contributed by atoms with Crippen molar-refractivity contribution >= 4 is 50.8 Å². The van der Waals surface area contributed by atoms with Crippen molar-refractivity contribution in [3.63, 3.8) is 0 Å². The molecule has 0 atom stereocenters. The molecule has 0 saturated carbocycles. The average Bonchev–Trinajstić information content (AvgIpc) is 3.56. The van der Waals surface area contributed by atoms with Crippen molar-refractivity contribution in [2.75, 3.05) is 11.9 Å². The number of carbonyl (C=O) groups excluding carboxylic acids is 1. The molecule has 5 rings (SSSR count). The topological polar surface area (TPSA) is 77.8 Å². The van der Waals surface area contributed by atoms with Crippen LogP contribution in [0, 0.1) is 5.41 Å². The number of halogens is 2. The molecule has 0 fully saturated rings. The number of fused-ring (bicyclic) bond motifs is 2. The molecule has 7 nitrogen and oxygen atoms in total. The summed E-state index contributed by atoms with van der Waals surface area (Å²) in [6.45, 7) is 3.26. The van der Waals surface area contributed by atoms with Crippen LogP contribution < -0.4 is 14.8 Å². The highest BCUT2D eigenvalue weighted by molar-refractivity contribution is 7.16. The van der Waals surface area contributed by atoms with Crippen molar-refractivity contribution in [2.45, 2.75) is 46.6 Å². The van der Waals surface area contributed by atoms with E-state index in [0.29, 0.717) is 33.7 Å². The highest BCUT2D eigenvalue weighted by Gasteiger charge is 2.23. The third-order valence-corrected chi connectivity index (χ3v) is 7.45. The van der Waals surface area contributed by atoms with E-state index in [-0.39, 0.29) is 22.8 Å². The van der Waals surface area contributed by atoms with Crippen molar-refractivity contribution in [3.8, 4) is 11.5 Å². The first-order chi connectivity index (χ1) is 17.7. The minimum Gasteiger partial charge on any atom is -0.489 e. The van der Waals surface area contributed by atoms with E-state index in [4.69, 9.17) is 9.47 Å². The molecule has 1 aliphatic rings. The number of nitrogens with zero attached hydrogens (tertiary/aromatic N) is 3. The normalized spacial score (nSPS) is 13.6. The average molecular weight is 545 g/mol.